The Kier molecular flexibility index (Phi) is 6.39. The Morgan fingerprint density at radius 3 is 2.75 bits per heavy atom. The number of rotatable bonds is 9. The Balaban J connectivity index is 1.64. The van der Waals surface area contributed by atoms with Crippen LogP contribution >= 0.6 is 0 Å². The van der Waals surface area contributed by atoms with Crippen LogP contribution in [0.25, 0.3) is 22.2 Å². The summed E-state index contributed by atoms with van der Waals surface area (Å²) in [5, 5.41) is 0.762. The van der Waals surface area contributed by atoms with Crippen molar-refractivity contribution in [2.45, 2.75) is 51.9 Å². The fourth-order valence-corrected chi connectivity index (χ4v) is 3.26. The standard InChI is InChI=1S/C22H25FN2O3/c1-3-16(26)8-6-4-5-7-9-21-24-14-20(28-21)17-12-15-10-11-22(27)25(2)19(15)13-18(17)23/h10-14H,3-9H2,1-2H3. The topological polar surface area (TPSA) is 65.1 Å². The summed E-state index contributed by atoms with van der Waals surface area (Å²) in [7, 11) is 1.62. The van der Waals surface area contributed by atoms with Crippen LogP contribution in [0, 0.1) is 5.82 Å². The van der Waals surface area contributed by atoms with Crippen LogP contribution in [0.1, 0.15) is 51.3 Å². The van der Waals surface area contributed by atoms with Gasteiger partial charge in [-0.05, 0) is 36.4 Å². The predicted molar refractivity (Wildman–Crippen MR) is 107 cm³/mol. The first-order valence-corrected chi connectivity index (χ1v) is 9.75. The van der Waals surface area contributed by atoms with Crippen molar-refractivity contribution >= 4 is 16.7 Å². The van der Waals surface area contributed by atoms with Crippen LogP contribution in [0.3, 0.4) is 0 Å². The van der Waals surface area contributed by atoms with Crippen LogP contribution in [0.2, 0.25) is 0 Å². The molecule has 3 aromatic rings. The van der Waals surface area contributed by atoms with Crippen molar-refractivity contribution in [2.24, 2.45) is 7.05 Å². The van der Waals surface area contributed by atoms with Crippen LogP contribution in [0.15, 0.2) is 39.7 Å². The summed E-state index contributed by atoms with van der Waals surface area (Å²) in [5.74, 6) is 0.836. The first-order valence-electron chi connectivity index (χ1n) is 9.75. The Bertz CT molecular complexity index is 1040. The van der Waals surface area contributed by atoms with E-state index < -0.39 is 5.82 Å². The molecule has 0 radical (unpaired) electrons. The Labute approximate surface area is 163 Å². The second-order valence-corrected chi connectivity index (χ2v) is 7.05. The van der Waals surface area contributed by atoms with Crippen molar-refractivity contribution in [3.8, 4) is 11.3 Å². The summed E-state index contributed by atoms with van der Waals surface area (Å²) in [5.41, 5.74) is 0.693. The van der Waals surface area contributed by atoms with E-state index in [0.29, 0.717) is 47.8 Å². The molecule has 0 unspecified atom stereocenters. The Morgan fingerprint density at radius 1 is 1.18 bits per heavy atom. The molecule has 0 fully saturated rings. The van der Waals surface area contributed by atoms with Crippen molar-refractivity contribution in [3.63, 3.8) is 0 Å². The van der Waals surface area contributed by atoms with E-state index in [4.69, 9.17) is 4.42 Å². The number of benzene rings is 1. The third kappa shape index (κ3) is 4.55. The van der Waals surface area contributed by atoms with Crippen LogP contribution in [-0.4, -0.2) is 15.3 Å². The molecule has 0 spiro atoms. The molecule has 0 saturated heterocycles. The van der Waals surface area contributed by atoms with Gasteiger partial charge >= 0.3 is 0 Å². The number of carbonyl (C=O) groups excluding carboxylic acids is 1. The molecule has 0 saturated carbocycles. The number of aromatic nitrogens is 2. The number of ketones is 1. The van der Waals surface area contributed by atoms with E-state index in [1.807, 2.05) is 6.92 Å². The van der Waals surface area contributed by atoms with Crippen LogP contribution in [-0.2, 0) is 18.3 Å². The van der Waals surface area contributed by atoms with E-state index in [2.05, 4.69) is 4.98 Å². The number of carbonyl (C=O) groups is 1. The lowest BCUT2D eigenvalue weighted by atomic mass is 10.1. The summed E-state index contributed by atoms with van der Waals surface area (Å²) in [4.78, 5) is 27.3. The lowest BCUT2D eigenvalue weighted by Crippen LogP contribution is -2.15. The molecule has 0 amide bonds. The lowest BCUT2D eigenvalue weighted by Gasteiger charge is -2.07. The molecular weight excluding hydrogens is 359 g/mol. The van der Waals surface area contributed by atoms with E-state index >= 15 is 0 Å². The van der Waals surface area contributed by atoms with Gasteiger partial charge in [-0.3, -0.25) is 9.59 Å². The summed E-state index contributed by atoms with van der Waals surface area (Å²) in [6.45, 7) is 1.89. The van der Waals surface area contributed by atoms with E-state index in [9.17, 15) is 14.0 Å². The fourth-order valence-electron chi connectivity index (χ4n) is 3.26. The fraction of sp³-hybridized carbons (Fsp3) is 0.409. The molecule has 0 atom stereocenters. The predicted octanol–water partition coefficient (Wildman–Crippen LogP) is 4.80. The number of hydrogen-bond donors (Lipinski definition) is 0. The summed E-state index contributed by atoms with van der Waals surface area (Å²) >= 11 is 0. The van der Waals surface area contributed by atoms with Gasteiger partial charge in [0.25, 0.3) is 5.56 Å². The summed E-state index contributed by atoms with van der Waals surface area (Å²) in [6, 6.07) is 6.18. The largest absolute Gasteiger partial charge is 0.441 e. The maximum atomic E-state index is 14.6. The molecule has 1 aromatic carbocycles. The van der Waals surface area contributed by atoms with Crippen LogP contribution < -0.4 is 5.56 Å². The number of pyridine rings is 1. The normalized spacial score (nSPS) is 11.2. The molecule has 2 aromatic heterocycles. The quantitative estimate of drug-likeness (QED) is 0.497. The Morgan fingerprint density at radius 2 is 1.96 bits per heavy atom. The molecule has 0 aliphatic carbocycles. The number of nitrogens with zero attached hydrogens (tertiary/aromatic N) is 2. The van der Waals surface area contributed by atoms with Gasteiger partial charge in [-0.1, -0.05) is 19.8 Å². The molecule has 3 rings (SSSR count). The first-order chi connectivity index (χ1) is 13.5. The van der Waals surface area contributed by atoms with E-state index in [-0.39, 0.29) is 5.56 Å². The summed E-state index contributed by atoms with van der Waals surface area (Å²) < 4.78 is 21.7. The monoisotopic (exact) mass is 384 g/mol. The molecule has 5 nitrogen and oxygen atoms in total. The van der Waals surface area contributed by atoms with Gasteiger partial charge in [0.1, 0.15) is 11.6 Å². The zero-order valence-electron chi connectivity index (χ0n) is 16.3. The summed E-state index contributed by atoms with van der Waals surface area (Å²) in [6.07, 6.45) is 7.36. The SMILES string of the molecule is CCC(=O)CCCCCCc1ncc(-c2cc3ccc(=O)n(C)c3cc2F)o1. The molecule has 6 heteroatoms. The first kappa shape index (κ1) is 20.0. The molecule has 0 bridgehead atoms. The van der Waals surface area contributed by atoms with Gasteiger partial charge in [-0.15, -0.1) is 0 Å². The highest BCUT2D eigenvalue weighted by molar-refractivity contribution is 5.84. The molecular formula is C22H25FN2O3. The lowest BCUT2D eigenvalue weighted by molar-refractivity contribution is -0.118. The average Bonchev–Trinajstić information content (AvgIpc) is 3.16. The number of unbranched alkanes of at least 4 members (excludes halogenated alkanes) is 3. The van der Waals surface area contributed by atoms with Crippen molar-refractivity contribution in [1.29, 1.82) is 0 Å². The van der Waals surface area contributed by atoms with Gasteiger partial charge in [-0.2, -0.15) is 0 Å². The minimum Gasteiger partial charge on any atom is -0.441 e. The van der Waals surface area contributed by atoms with Gasteiger partial charge in [0.15, 0.2) is 11.7 Å². The molecule has 0 aliphatic rings. The minimum absolute atomic E-state index is 0.180. The highest BCUT2D eigenvalue weighted by Crippen LogP contribution is 2.28. The molecule has 2 heterocycles. The maximum Gasteiger partial charge on any atom is 0.250 e. The minimum atomic E-state index is -0.447. The second-order valence-electron chi connectivity index (χ2n) is 7.05. The highest BCUT2D eigenvalue weighted by atomic mass is 19.1. The van der Waals surface area contributed by atoms with Gasteiger partial charge in [-0.25, -0.2) is 9.37 Å². The van der Waals surface area contributed by atoms with Gasteiger partial charge in [0.05, 0.1) is 17.3 Å². The third-order valence-corrected chi connectivity index (χ3v) is 5.02. The number of Topliss-reactive ketones (excluding diaryl/α,β-unsaturated/α-hetero) is 1. The smallest absolute Gasteiger partial charge is 0.250 e. The number of aryl methyl sites for hydroxylation is 2. The van der Waals surface area contributed by atoms with Crippen molar-refractivity contribution in [1.82, 2.24) is 9.55 Å². The number of oxazole rings is 1. The van der Waals surface area contributed by atoms with Crippen molar-refractivity contribution in [3.05, 3.63) is 52.5 Å². The molecule has 148 valence electrons. The third-order valence-electron chi connectivity index (χ3n) is 5.02. The Hall–Kier alpha value is -2.76. The molecule has 28 heavy (non-hydrogen) atoms. The van der Waals surface area contributed by atoms with Crippen LogP contribution in [0.4, 0.5) is 4.39 Å². The van der Waals surface area contributed by atoms with Gasteiger partial charge in [0.2, 0.25) is 0 Å². The van der Waals surface area contributed by atoms with E-state index in [1.54, 1.807) is 25.4 Å². The zero-order chi connectivity index (χ0) is 20.1. The van der Waals surface area contributed by atoms with Crippen molar-refractivity contribution in [2.75, 3.05) is 0 Å². The molecule has 0 N–H and O–H groups in total. The number of halogens is 1. The number of hydrogen-bond acceptors (Lipinski definition) is 4. The van der Waals surface area contributed by atoms with Crippen LogP contribution in [0.5, 0.6) is 0 Å². The maximum absolute atomic E-state index is 14.6. The van der Waals surface area contributed by atoms with E-state index in [0.717, 1.165) is 31.1 Å². The highest BCUT2D eigenvalue weighted by Gasteiger charge is 2.14. The van der Waals surface area contributed by atoms with E-state index in [1.165, 1.54) is 16.7 Å². The van der Waals surface area contributed by atoms with Gasteiger partial charge < -0.3 is 8.98 Å². The zero-order valence-corrected chi connectivity index (χ0v) is 16.3. The van der Waals surface area contributed by atoms with Gasteiger partial charge in [0, 0.05) is 32.4 Å². The average molecular weight is 384 g/mol. The molecule has 0 aliphatic heterocycles. The number of fused-ring (bicyclic) bond motifs is 1. The second kappa shape index (κ2) is 8.95. The van der Waals surface area contributed by atoms with Crippen molar-refractivity contribution < 1.29 is 13.6 Å².